The standard InChI is InChI=1S/C16H21N3O2/c1-12-5-6-15(7-13(12)2)21-11-16(20)18(3)9-14-8-17-19(4)10-14/h5-8,10H,9,11H2,1-4H3. The molecule has 0 atom stereocenters. The summed E-state index contributed by atoms with van der Waals surface area (Å²) in [6, 6.07) is 5.83. The Morgan fingerprint density at radius 3 is 2.71 bits per heavy atom. The summed E-state index contributed by atoms with van der Waals surface area (Å²) in [5.41, 5.74) is 3.37. The maximum Gasteiger partial charge on any atom is 0.260 e. The molecule has 0 aliphatic carbocycles. The number of carbonyl (C=O) groups is 1. The van der Waals surface area contributed by atoms with Crippen molar-refractivity contribution in [2.75, 3.05) is 13.7 Å². The number of aryl methyl sites for hydroxylation is 3. The van der Waals surface area contributed by atoms with E-state index in [1.807, 2.05) is 45.3 Å². The second kappa shape index (κ2) is 6.43. The number of hydrogen-bond acceptors (Lipinski definition) is 3. The van der Waals surface area contributed by atoms with Gasteiger partial charge in [0.15, 0.2) is 6.61 Å². The lowest BCUT2D eigenvalue weighted by Gasteiger charge is -2.16. The van der Waals surface area contributed by atoms with E-state index in [2.05, 4.69) is 5.10 Å². The van der Waals surface area contributed by atoms with E-state index in [4.69, 9.17) is 4.74 Å². The molecule has 0 N–H and O–H groups in total. The van der Waals surface area contributed by atoms with Crippen LogP contribution >= 0.6 is 0 Å². The molecule has 0 aliphatic heterocycles. The Balaban J connectivity index is 1.87. The lowest BCUT2D eigenvalue weighted by atomic mass is 10.1. The summed E-state index contributed by atoms with van der Waals surface area (Å²) in [5.74, 6) is 0.665. The minimum Gasteiger partial charge on any atom is -0.484 e. The Kier molecular flexibility index (Phi) is 4.62. The van der Waals surface area contributed by atoms with E-state index in [0.717, 1.165) is 16.9 Å². The van der Waals surface area contributed by atoms with Crippen molar-refractivity contribution in [3.8, 4) is 5.75 Å². The van der Waals surface area contributed by atoms with Gasteiger partial charge >= 0.3 is 0 Å². The summed E-state index contributed by atoms with van der Waals surface area (Å²) >= 11 is 0. The number of nitrogens with zero attached hydrogens (tertiary/aromatic N) is 3. The molecule has 1 heterocycles. The first-order valence-electron chi connectivity index (χ1n) is 6.87. The van der Waals surface area contributed by atoms with Gasteiger partial charge in [-0.3, -0.25) is 9.48 Å². The molecule has 0 bridgehead atoms. The highest BCUT2D eigenvalue weighted by Crippen LogP contribution is 2.16. The molecule has 1 amide bonds. The number of ether oxygens (including phenoxy) is 1. The number of hydrogen-bond donors (Lipinski definition) is 0. The third kappa shape index (κ3) is 4.08. The van der Waals surface area contributed by atoms with Gasteiger partial charge in [0.25, 0.3) is 5.91 Å². The fourth-order valence-electron chi connectivity index (χ4n) is 1.97. The van der Waals surface area contributed by atoms with Gasteiger partial charge < -0.3 is 9.64 Å². The van der Waals surface area contributed by atoms with Crippen LogP contribution in [0.25, 0.3) is 0 Å². The van der Waals surface area contributed by atoms with Gasteiger partial charge in [-0.1, -0.05) is 6.07 Å². The number of amides is 1. The van der Waals surface area contributed by atoms with Gasteiger partial charge in [0.05, 0.1) is 6.20 Å². The first-order valence-corrected chi connectivity index (χ1v) is 6.87. The van der Waals surface area contributed by atoms with E-state index in [0.29, 0.717) is 6.54 Å². The fourth-order valence-corrected chi connectivity index (χ4v) is 1.97. The highest BCUT2D eigenvalue weighted by molar-refractivity contribution is 5.77. The lowest BCUT2D eigenvalue weighted by Crippen LogP contribution is -2.30. The summed E-state index contributed by atoms with van der Waals surface area (Å²) in [7, 11) is 3.62. The van der Waals surface area contributed by atoms with Crippen molar-refractivity contribution in [2.45, 2.75) is 20.4 Å². The lowest BCUT2D eigenvalue weighted by molar-refractivity contribution is -0.132. The van der Waals surface area contributed by atoms with Crippen LogP contribution in [-0.2, 0) is 18.4 Å². The third-order valence-corrected chi connectivity index (χ3v) is 3.44. The minimum absolute atomic E-state index is 0.0409. The van der Waals surface area contributed by atoms with Crippen molar-refractivity contribution in [3.05, 3.63) is 47.3 Å². The molecule has 0 spiro atoms. The summed E-state index contributed by atoms with van der Waals surface area (Å²) in [6.45, 7) is 4.65. The summed E-state index contributed by atoms with van der Waals surface area (Å²) in [4.78, 5) is 13.7. The predicted molar refractivity (Wildman–Crippen MR) is 81.1 cm³/mol. The summed E-state index contributed by atoms with van der Waals surface area (Å²) in [5, 5.41) is 4.09. The Morgan fingerprint density at radius 2 is 2.10 bits per heavy atom. The van der Waals surface area contributed by atoms with E-state index < -0.39 is 0 Å². The molecule has 5 heteroatoms. The topological polar surface area (TPSA) is 47.4 Å². The smallest absolute Gasteiger partial charge is 0.260 e. The number of benzene rings is 1. The molecule has 5 nitrogen and oxygen atoms in total. The van der Waals surface area contributed by atoms with Crippen LogP contribution in [0.3, 0.4) is 0 Å². The molecule has 112 valence electrons. The van der Waals surface area contributed by atoms with Crippen LogP contribution in [0.5, 0.6) is 5.75 Å². The number of aromatic nitrogens is 2. The Morgan fingerprint density at radius 1 is 1.33 bits per heavy atom. The highest BCUT2D eigenvalue weighted by atomic mass is 16.5. The third-order valence-electron chi connectivity index (χ3n) is 3.44. The van der Waals surface area contributed by atoms with Crippen LogP contribution in [0.2, 0.25) is 0 Å². The van der Waals surface area contributed by atoms with Crippen LogP contribution in [0.1, 0.15) is 16.7 Å². The second-order valence-electron chi connectivity index (χ2n) is 5.31. The number of carbonyl (C=O) groups excluding carboxylic acids is 1. The normalized spacial score (nSPS) is 10.5. The maximum absolute atomic E-state index is 12.1. The molecule has 0 saturated heterocycles. The SMILES string of the molecule is Cc1ccc(OCC(=O)N(C)Cc2cnn(C)c2)cc1C. The Hall–Kier alpha value is -2.30. The first-order chi connectivity index (χ1) is 9.95. The van der Waals surface area contributed by atoms with Crippen LogP contribution in [0.15, 0.2) is 30.6 Å². The molecule has 2 aromatic rings. The highest BCUT2D eigenvalue weighted by Gasteiger charge is 2.11. The average molecular weight is 287 g/mol. The molecule has 0 saturated carbocycles. The number of rotatable bonds is 5. The Bertz CT molecular complexity index is 634. The van der Waals surface area contributed by atoms with Crippen molar-refractivity contribution in [2.24, 2.45) is 7.05 Å². The quantitative estimate of drug-likeness (QED) is 0.846. The van der Waals surface area contributed by atoms with Gasteiger partial charge in [-0.05, 0) is 37.1 Å². The average Bonchev–Trinajstić information content (AvgIpc) is 2.85. The van der Waals surface area contributed by atoms with Gasteiger partial charge in [0.1, 0.15) is 5.75 Å². The van der Waals surface area contributed by atoms with Crippen molar-refractivity contribution >= 4 is 5.91 Å². The molecule has 2 rings (SSSR count). The molecule has 0 fully saturated rings. The largest absolute Gasteiger partial charge is 0.484 e. The first kappa shape index (κ1) is 15.1. The van der Waals surface area contributed by atoms with Crippen LogP contribution < -0.4 is 4.74 Å². The molecule has 21 heavy (non-hydrogen) atoms. The van der Waals surface area contributed by atoms with Gasteiger partial charge in [-0.25, -0.2) is 0 Å². The van der Waals surface area contributed by atoms with Crippen molar-refractivity contribution in [1.29, 1.82) is 0 Å². The maximum atomic E-state index is 12.1. The second-order valence-corrected chi connectivity index (χ2v) is 5.31. The van der Waals surface area contributed by atoms with E-state index in [-0.39, 0.29) is 12.5 Å². The van der Waals surface area contributed by atoms with Gasteiger partial charge in [-0.2, -0.15) is 5.10 Å². The molecule has 0 radical (unpaired) electrons. The molecular formula is C16H21N3O2. The van der Waals surface area contributed by atoms with Crippen LogP contribution in [0.4, 0.5) is 0 Å². The van der Waals surface area contributed by atoms with Crippen LogP contribution in [-0.4, -0.2) is 34.2 Å². The zero-order valence-corrected chi connectivity index (χ0v) is 13.0. The van der Waals surface area contributed by atoms with E-state index >= 15 is 0 Å². The van der Waals surface area contributed by atoms with E-state index in [1.165, 1.54) is 5.56 Å². The monoisotopic (exact) mass is 287 g/mol. The van der Waals surface area contributed by atoms with Gasteiger partial charge in [-0.15, -0.1) is 0 Å². The van der Waals surface area contributed by atoms with E-state index in [1.54, 1.807) is 22.8 Å². The number of likely N-dealkylation sites (N-methyl/N-ethyl adjacent to an activating group) is 1. The summed E-state index contributed by atoms with van der Waals surface area (Å²) < 4.78 is 7.28. The van der Waals surface area contributed by atoms with Gasteiger partial charge in [0.2, 0.25) is 0 Å². The van der Waals surface area contributed by atoms with E-state index in [9.17, 15) is 4.79 Å². The summed E-state index contributed by atoms with van der Waals surface area (Å²) in [6.07, 6.45) is 3.65. The molecular weight excluding hydrogens is 266 g/mol. The molecule has 1 aromatic carbocycles. The van der Waals surface area contributed by atoms with Crippen molar-refractivity contribution in [3.63, 3.8) is 0 Å². The van der Waals surface area contributed by atoms with Crippen molar-refractivity contribution in [1.82, 2.24) is 14.7 Å². The zero-order chi connectivity index (χ0) is 15.4. The molecule has 1 aromatic heterocycles. The zero-order valence-electron chi connectivity index (χ0n) is 13.0. The predicted octanol–water partition coefficient (Wildman–Crippen LogP) is 2.07. The molecule has 0 unspecified atom stereocenters. The fraction of sp³-hybridized carbons (Fsp3) is 0.375. The Labute approximate surface area is 125 Å². The van der Waals surface area contributed by atoms with Gasteiger partial charge in [0, 0.05) is 32.4 Å². The molecule has 0 aliphatic rings. The van der Waals surface area contributed by atoms with Crippen LogP contribution in [0, 0.1) is 13.8 Å². The van der Waals surface area contributed by atoms with Crippen molar-refractivity contribution < 1.29 is 9.53 Å². The minimum atomic E-state index is -0.0583.